The van der Waals surface area contributed by atoms with Crippen molar-refractivity contribution in [2.75, 3.05) is 39.8 Å². The Morgan fingerprint density at radius 3 is 2.44 bits per heavy atom. The molecule has 0 aromatic carbocycles. The first-order chi connectivity index (χ1) is 8.59. The maximum absolute atomic E-state index is 12.2. The third kappa shape index (κ3) is 4.84. The van der Waals surface area contributed by atoms with Gasteiger partial charge in [0, 0.05) is 26.7 Å². The summed E-state index contributed by atoms with van der Waals surface area (Å²) in [5, 5.41) is 3.29. The number of nitrogens with zero attached hydrogens (tertiary/aromatic N) is 2. The van der Waals surface area contributed by atoms with Crippen LogP contribution in [0.5, 0.6) is 0 Å². The molecule has 5 nitrogen and oxygen atoms in total. The van der Waals surface area contributed by atoms with Crippen LogP contribution in [0.2, 0.25) is 0 Å². The first kappa shape index (κ1) is 15.9. The zero-order valence-electron chi connectivity index (χ0n) is 11.7. The van der Waals surface area contributed by atoms with Crippen molar-refractivity contribution in [2.45, 2.75) is 39.0 Å². The number of nitrogens with one attached hydrogen (secondary N) is 1. The predicted molar refractivity (Wildman–Crippen MR) is 74.8 cm³/mol. The minimum Gasteiger partial charge on any atom is -0.317 e. The highest BCUT2D eigenvalue weighted by Gasteiger charge is 2.27. The largest absolute Gasteiger partial charge is 0.317 e. The second-order valence-electron chi connectivity index (χ2n) is 4.89. The highest BCUT2D eigenvalue weighted by atomic mass is 32.2. The van der Waals surface area contributed by atoms with E-state index in [1.54, 1.807) is 11.4 Å². The minimum absolute atomic E-state index is 0.593. The van der Waals surface area contributed by atoms with Crippen molar-refractivity contribution in [1.82, 2.24) is 13.9 Å². The fourth-order valence-electron chi connectivity index (χ4n) is 2.14. The van der Waals surface area contributed by atoms with Crippen molar-refractivity contribution in [1.29, 1.82) is 0 Å². The summed E-state index contributed by atoms with van der Waals surface area (Å²) in [4.78, 5) is 0. The zero-order valence-corrected chi connectivity index (χ0v) is 12.5. The molecule has 108 valence electrons. The molecule has 0 amide bonds. The number of piperidine rings is 1. The van der Waals surface area contributed by atoms with Gasteiger partial charge in [0.25, 0.3) is 10.2 Å². The maximum atomic E-state index is 12.2. The van der Waals surface area contributed by atoms with Crippen LogP contribution in [-0.4, -0.2) is 56.8 Å². The Labute approximate surface area is 112 Å². The predicted octanol–water partition coefficient (Wildman–Crippen LogP) is 1.04. The van der Waals surface area contributed by atoms with E-state index >= 15 is 0 Å². The SMILES string of the molecule is CCCNCCCN(C)S(=O)(=O)N1CCCCC1. The van der Waals surface area contributed by atoms with Gasteiger partial charge in [-0.2, -0.15) is 17.0 Å². The number of hydrogen-bond donors (Lipinski definition) is 1. The molecule has 0 bridgehead atoms. The minimum atomic E-state index is -3.22. The van der Waals surface area contributed by atoms with Gasteiger partial charge >= 0.3 is 0 Å². The highest BCUT2D eigenvalue weighted by Crippen LogP contribution is 2.15. The van der Waals surface area contributed by atoms with Gasteiger partial charge in [-0.25, -0.2) is 0 Å². The van der Waals surface area contributed by atoms with Crippen LogP contribution in [0, 0.1) is 0 Å². The lowest BCUT2D eigenvalue weighted by Gasteiger charge is -2.30. The molecule has 18 heavy (non-hydrogen) atoms. The van der Waals surface area contributed by atoms with Crippen LogP contribution in [-0.2, 0) is 10.2 Å². The Morgan fingerprint density at radius 1 is 1.17 bits per heavy atom. The van der Waals surface area contributed by atoms with Gasteiger partial charge in [0.1, 0.15) is 0 Å². The quantitative estimate of drug-likeness (QED) is 0.675. The van der Waals surface area contributed by atoms with E-state index < -0.39 is 10.2 Å². The average molecular weight is 277 g/mol. The van der Waals surface area contributed by atoms with Crippen LogP contribution in [0.1, 0.15) is 39.0 Å². The van der Waals surface area contributed by atoms with Crippen LogP contribution in [0.15, 0.2) is 0 Å². The Hall–Kier alpha value is -0.170. The zero-order chi connectivity index (χ0) is 13.4. The fourth-order valence-corrected chi connectivity index (χ4v) is 3.61. The molecule has 0 aliphatic carbocycles. The van der Waals surface area contributed by atoms with Crippen molar-refractivity contribution in [3.05, 3.63) is 0 Å². The van der Waals surface area contributed by atoms with Gasteiger partial charge in [-0.1, -0.05) is 13.3 Å². The first-order valence-electron chi connectivity index (χ1n) is 7.01. The van der Waals surface area contributed by atoms with Crippen LogP contribution in [0.25, 0.3) is 0 Å². The van der Waals surface area contributed by atoms with E-state index in [1.807, 2.05) is 0 Å². The number of rotatable bonds is 8. The van der Waals surface area contributed by atoms with Crippen molar-refractivity contribution in [2.24, 2.45) is 0 Å². The van der Waals surface area contributed by atoms with E-state index in [0.717, 1.165) is 45.2 Å². The average Bonchev–Trinajstić information content (AvgIpc) is 2.39. The molecular formula is C12H27N3O2S. The van der Waals surface area contributed by atoms with Gasteiger partial charge in [0.2, 0.25) is 0 Å². The van der Waals surface area contributed by atoms with Crippen molar-refractivity contribution in [3.63, 3.8) is 0 Å². The Morgan fingerprint density at radius 2 is 1.83 bits per heavy atom. The molecule has 1 N–H and O–H groups in total. The summed E-state index contributed by atoms with van der Waals surface area (Å²) in [5.41, 5.74) is 0. The second-order valence-corrected chi connectivity index (χ2v) is 6.93. The molecule has 1 rings (SSSR count). The summed E-state index contributed by atoms with van der Waals surface area (Å²) >= 11 is 0. The third-order valence-corrected chi connectivity index (χ3v) is 5.28. The molecule has 0 atom stereocenters. The van der Waals surface area contributed by atoms with Gasteiger partial charge in [-0.05, 0) is 38.8 Å². The first-order valence-corrected chi connectivity index (χ1v) is 8.41. The van der Waals surface area contributed by atoms with E-state index in [2.05, 4.69) is 12.2 Å². The molecule has 0 spiro atoms. The molecule has 6 heteroatoms. The van der Waals surface area contributed by atoms with E-state index in [9.17, 15) is 8.42 Å². The van der Waals surface area contributed by atoms with E-state index in [4.69, 9.17) is 0 Å². The van der Waals surface area contributed by atoms with Crippen molar-refractivity contribution < 1.29 is 8.42 Å². The lowest BCUT2D eigenvalue weighted by molar-refractivity contribution is 0.314. The lowest BCUT2D eigenvalue weighted by atomic mass is 10.2. The molecule has 0 aromatic rings. The summed E-state index contributed by atoms with van der Waals surface area (Å²) in [6.07, 6.45) is 5.11. The molecule has 0 unspecified atom stereocenters. The van der Waals surface area contributed by atoms with Crippen LogP contribution < -0.4 is 5.32 Å². The van der Waals surface area contributed by atoms with Gasteiger partial charge in [-0.3, -0.25) is 0 Å². The molecular weight excluding hydrogens is 250 g/mol. The van der Waals surface area contributed by atoms with Gasteiger partial charge in [-0.15, -0.1) is 0 Å². The maximum Gasteiger partial charge on any atom is 0.281 e. The van der Waals surface area contributed by atoms with Crippen molar-refractivity contribution >= 4 is 10.2 Å². The van der Waals surface area contributed by atoms with E-state index in [1.165, 1.54) is 4.31 Å². The lowest BCUT2D eigenvalue weighted by Crippen LogP contribution is -2.44. The molecule has 1 aliphatic rings. The van der Waals surface area contributed by atoms with Crippen LogP contribution in [0.3, 0.4) is 0 Å². The molecule has 1 heterocycles. The summed E-state index contributed by atoms with van der Waals surface area (Å²) in [6.45, 7) is 5.97. The number of hydrogen-bond acceptors (Lipinski definition) is 3. The molecule has 1 saturated heterocycles. The smallest absolute Gasteiger partial charge is 0.281 e. The highest BCUT2D eigenvalue weighted by molar-refractivity contribution is 7.86. The summed E-state index contributed by atoms with van der Waals surface area (Å²) in [5.74, 6) is 0. The van der Waals surface area contributed by atoms with E-state index in [0.29, 0.717) is 19.6 Å². The Bertz CT molecular complexity index is 313. The standard InChI is InChI=1S/C12H27N3O2S/c1-3-8-13-9-7-10-14(2)18(16,17)15-11-5-4-6-12-15/h13H,3-12H2,1-2H3. The van der Waals surface area contributed by atoms with Crippen molar-refractivity contribution in [3.8, 4) is 0 Å². The van der Waals surface area contributed by atoms with Crippen LogP contribution in [0.4, 0.5) is 0 Å². The Kier molecular flexibility index (Phi) is 7.14. The summed E-state index contributed by atoms with van der Waals surface area (Å²) in [6, 6.07) is 0. The molecule has 0 aromatic heterocycles. The molecule has 1 aliphatic heterocycles. The molecule has 0 saturated carbocycles. The molecule has 1 fully saturated rings. The monoisotopic (exact) mass is 277 g/mol. The topological polar surface area (TPSA) is 52.7 Å². The van der Waals surface area contributed by atoms with Crippen LogP contribution >= 0.6 is 0 Å². The van der Waals surface area contributed by atoms with E-state index in [-0.39, 0.29) is 0 Å². The van der Waals surface area contributed by atoms with Gasteiger partial charge < -0.3 is 5.32 Å². The molecule has 0 radical (unpaired) electrons. The van der Waals surface area contributed by atoms with Gasteiger partial charge in [0.15, 0.2) is 0 Å². The fraction of sp³-hybridized carbons (Fsp3) is 1.00. The second kappa shape index (κ2) is 8.09. The summed E-state index contributed by atoms with van der Waals surface area (Å²) < 4.78 is 27.6. The van der Waals surface area contributed by atoms with Gasteiger partial charge in [0.05, 0.1) is 0 Å². The summed E-state index contributed by atoms with van der Waals surface area (Å²) in [7, 11) is -1.53. The Balaban J connectivity index is 2.32. The normalized spacial score (nSPS) is 18.4. The third-order valence-electron chi connectivity index (χ3n) is 3.29.